The first-order chi connectivity index (χ1) is 7.45. The number of piperazine rings is 1. The second kappa shape index (κ2) is 5.13. The first-order valence-electron chi connectivity index (χ1n) is 5.57. The summed E-state index contributed by atoms with van der Waals surface area (Å²) in [6.45, 7) is 6.74. The number of hydrogen-bond acceptors (Lipinski definition) is 4. The Morgan fingerprint density at radius 3 is 2.31 bits per heavy atom. The van der Waals surface area contributed by atoms with E-state index in [-0.39, 0.29) is 12.1 Å². The molecule has 3 unspecified atom stereocenters. The highest BCUT2D eigenvalue weighted by Gasteiger charge is 2.38. The first kappa shape index (κ1) is 13.4. The van der Waals surface area contributed by atoms with Crippen molar-refractivity contribution in [2.45, 2.75) is 44.5 Å². The highest BCUT2D eigenvalue weighted by atomic mass is 32.2. The molecule has 1 heterocycles. The van der Waals surface area contributed by atoms with Gasteiger partial charge in [0.15, 0.2) is 5.25 Å². The van der Waals surface area contributed by atoms with Gasteiger partial charge in [-0.1, -0.05) is 6.92 Å². The molecule has 0 bridgehead atoms. The Kier molecular flexibility index (Phi) is 4.30. The Morgan fingerprint density at radius 1 is 1.44 bits per heavy atom. The van der Waals surface area contributed by atoms with Gasteiger partial charge in [-0.15, -0.1) is 0 Å². The van der Waals surface area contributed by atoms with Crippen molar-refractivity contribution in [3.8, 4) is 6.07 Å². The van der Waals surface area contributed by atoms with Gasteiger partial charge in [0.05, 0.1) is 6.07 Å². The summed E-state index contributed by atoms with van der Waals surface area (Å²) in [5.41, 5.74) is 0. The molecule has 1 fully saturated rings. The van der Waals surface area contributed by atoms with Crippen molar-refractivity contribution in [3.05, 3.63) is 0 Å². The summed E-state index contributed by atoms with van der Waals surface area (Å²) in [4.78, 5) is 0. The fourth-order valence-corrected chi connectivity index (χ4v) is 4.13. The van der Waals surface area contributed by atoms with Crippen LogP contribution in [0, 0.1) is 11.3 Å². The molecule has 0 aromatic carbocycles. The van der Waals surface area contributed by atoms with Crippen LogP contribution in [0.1, 0.15) is 27.2 Å². The zero-order valence-electron chi connectivity index (χ0n) is 9.97. The van der Waals surface area contributed by atoms with Gasteiger partial charge < -0.3 is 5.32 Å². The fourth-order valence-electron chi connectivity index (χ4n) is 2.13. The van der Waals surface area contributed by atoms with Crippen LogP contribution in [-0.2, 0) is 10.0 Å². The Bertz CT molecular complexity index is 364. The van der Waals surface area contributed by atoms with Gasteiger partial charge in [0.1, 0.15) is 0 Å². The van der Waals surface area contributed by atoms with Crippen LogP contribution in [0.4, 0.5) is 0 Å². The Balaban J connectivity index is 3.02. The lowest BCUT2D eigenvalue weighted by Gasteiger charge is -2.39. The molecule has 1 N–H and O–H groups in total. The number of nitrogens with one attached hydrogen (secondary N) is 1. The van der Waals surface area contributed by atoms with Gasteiger partial charge in [0.25, 0.3) is 0 Å². The van der Waals surface area contributed by atoms with Crippen molar-refractivity contribution in [2.75, 3.05) is 13.1 Å². The van der Waals surface area contributed by atoms with Crippen LogP contribution in [0.15, 0.2) is 0 Å². The van der Waals surface area contributed by atoms with Crippen molar-refractivity contribution in [1.29, 1.82) is 5.26 Å². The number of nitriles is 1. The van der Waals surface area contributed by atoms with Gasteiger partial charge >= 0.3 is 0 Å². The standard InChI is InChI=1S/C10H19N3O2S/c1-4-10(5-11)16(14,15)13-8(2)6-12-7-9(13)3/h8-10,12H,4,6-7H2,1-3H3. The van der Waals surface area contributed by atoms with Crippen molar-refractivity contribution < 1.29 is 8.42 Å². The van der Waals surface area contributed by atoms with Gasteiger partial charge in [-0.05, 0) is 20.3 Å². The lowest BCUT2D eigenvalue weighted by Crippen LogP contribution is -2.58. The third-order valence-corrected chi connectivity index (χ3v) is 5.38. The summed E-state index contributed by atoms with van der Waals surface area (Å²) in [5.74, 6) is 0. The topological polar surface area (TPSA) is 73.2 Å². The molecule has 92 valence electrons. The molecular formula is C10H19N3O2S. The molecular weight excluding hydrogens is 226 g/mol. The smallest absolute Gasteiger partial charge is 0.231 e. The summed E-state index contributed by atoms with van der Waals surface area (Å²) < 4.78 is 26.0. The van der Waals surface area contributed by atoms with Crippen LogP contribution in [0.25, 0.3) is 0 Å². The molecule has 0 aliphatic carbocycles. The fraction of sp³-hybridized carbons (Fsp3) is 0.900. The van der Waals surface area contributed by atoms with E-state index in [1.54, 1.807) is 6.92 Å². The Morgan fingerprint density at radius 2 is 1.94 bits per heavy atom. The summed E-state index contributed by atoms with van der Waals surface area (Å²) in [7, 11) is -3.49. The third-order valence-electron chi connectivity index (χ3n) is 2.92. The van der Waals surface area contributed by atoms with Crippen molar-refractivity contribution in [3.63, 3.8) is 0 Å². The second-order valence-electron chi connectivity index (χ2n) is 4.26. The van der Waals surface area contributed by atoms with Crippen LogP contribution in [0.5, 0.6) is 0 Å². The monoisotopic (exact) mass is 245 g/mol. The molecule has 16 heavy (non-hydrogen) atoms. The quantitative estimate of drug-likeness (QED) is 0.776. The largest absolute Gasteiger partial charge is 0.314 e. The summed E-state index contributed by atoms with van der Waals surface area (Å²) in [6, 6.07) is 1.71. The lowest BCUT2D eigenvalue weighted by molar-refractivity contribution is 0.218. The predicted octanol–water partition coefficient (Wildman–Crippen LogP) is 0.301. The third kappa shape index (κ3) is 2.37. The van der Waals surface area contributed by atoms with Crippen molar-refractivity contribution >= 4 is 10.0 Å². The maximum absolute atomic E-state index is 12.2. The maximum Gasteiger partial charge on any atom is 0.231 e. The van der Waals surface area contributed by atoms with E-state index in [2.05, 4.69) is 5.32 Å². The minimum Gasteiger partial charge on any atom is -0.314 e. The molecule has 1 rings (SSSR count). The number of sulfonamides is 1. The van der Waals surface area contributed by atoms with Crippen LogP contribution in [0.3, 0.4) is 0 Å². The Labute approximate surface area is 97.5 Å². The molecule has 3 atom stereocenters. The SMILES string of the molecule is CCC(C#N)S(=O)(=O)N1C(C)CNCC1C. The molecule has 0 amide bonds. The van der Waals surface area contributed by atoms with Crippen molar-refractivity contribution in [1.82, 2.24) is 9.62 Å². The normalized spacial score (nSPS) is 29.6. The summed E-state index contributed by atoms with van der Waals surface area (Å²) in [5, 5.41) is 11.1. The van der Waals surface area contributed by atoms with Gasteiger partial charge in [-0.25, -0.2) is 8.42 Å². The highest BCUT2D eigenvalue weighted by Crippen LogP contribution is 2.20. The van der Waals surface area contributed by atoms with E-state index in [0.717, 1.165) is 0 Å². The van der Waals surface area contributed by atoms with Gasteiger partial charge in [-0.3, -0.25) is 0 Å². The van der Waals surface area contributed by atoms with Gasteiger partial charge in [0, 0.05) is 25.2 Å². The predicted molar refractivity (Wildman–Crippen MR) is 62.2 cm³/mol. The van der Waals surface area contributed by atoms with Crippen LogP contribution in [0.2, 0.25) is 0 Å². The molecule has 0 aromatic heterocycles. The van der Waals surface area contributed by atoms with E-state index < -0.39 is 15.3 Å². The van der Waals surface area contributed by atoms with E-state index in [1.165, 1.54) is 4.31 Å². The zero-order chi connectivity index (χ0) is 12.3. The Hall–Kier alpha value is -0.640. The maximum atomic E-state index is 12.2. The van der Waals surface area contributed by atoms with E-state index in [9.17, 15) is 8.42 Å². The molecule has 1 aliphatic heterocycles. The number of hydrogen-bond donors (Lipinski definition) is 1. The van der Waals surface area contributed by atoms with E-state index in [0.29, 0.717) is 19.5 Å². The minimum absolute atomic E-state index is 0.0869. The highest BCUT2D eigenvalue weighted by molar-refractivity contribution is 7.90. The van der Waals surface area contributed by atoms with E-state index in [4.69, 9.17) is 5.26 Å². The van der Waals surface area contributed by atoms with E-state index in [1.807, 2.05) is 19.9 Å². The molecule has 0 spiro atoms. The summed E-state index contributed by atoms with van der Waals surface area (Å²) >= 11 is 0. The summed E-state index contributed by atoms with van der Waals surface area (Å²) in [6.07, 6.45) is 0.336. The average Bonchev–Trinajstić information content (AvgIpc) is 2.18. The number of nitrogens with zero attached hydrogens (tertiary/aromatic N) is 2. The van der Waals surface area contributed by atoms with Gasteiger partial charge in [-0.2, -0.15) is 9.57 Å². The molecule has 0 saturated carbocycles. The van der Waals surface area contributed by atoms with Crippen LogP contribution < -0.4 is 5.32 Å². The van der Waals surface area contributed by atoms with Crippen LogP contribution in [-0.4, -0.2) is 43.1 Å². The molecule has 1 saturated heterocycles. The lowest BCUT2D eigenvalue weighted by atomic mass is 10.2. The average molecular weight is 245 g/mol. The molecule has 0 aromatic rings. The van der Waals surface area contributed by atoms with Gasteiger partial charge in [0.2, 0.25) is 10.0 Å². The number of rotatable bonds is 3. The molecule has 6 heteroatoms. The zero-order valence-corrected chi connectivity index (χ0v) is 10.8. The molecule has 0 radical (unpaired) electrons. The first-order valence-corrected chi connectivity index (χ1v) is 7.08. The molecule has 1 aliphatic rings. The van der Waals surface area contributed by atoms with E-state index >= 15 is 0 Å². The molecule has 5 nitrogen and oxygen atoms in total. The second-order valence-corrected chi connectivity index (χ2v) is 6.28. The van der Waals surface area contributed by atoms with Crippen molar-refractivity contribution in [2.24, 2.45) is 0 Å². The van der Waals surface area contributed by atoms with Crippen LogP contribution >= 0.6 is 0 Å². The minimum atomic E-state index is -3.49.